The number of H-pyrrole nitrogens is 1. The van der Waals surface area contributed by atoms with Gasteiger partial charge in [-0.25, -0.2) is 4.98 Å². The lowest BCUT2D eigenvalue weighted by Crippen LogP contribution is -1.95. The number of benzene rings is 2. The van der Waals surface area contributed by atoms with Crippen molar-refractivity contribution in [3.05, 3.63) is 48.0 Å². The summed E-state index contributed by atoms with van der Waals surface area (Å²) in [4.78, 5) is 7.87. The maximum absolute atomic E-state index is 5.41. The maximum Gasteiger partial charge on any atom is 0.211 e. The monoisotopic (exact) mass is 352 g/mol. The van der Waals surface area contributed by atoms with Crippen LogP contribution in [0.3, 0.4) is 0 Å². The molecule has 1 N–H and O–H groups in total. The van der Waals surface area contributed by atoms with Crippen LogP contribution in [-0.4, -0.2) is 34.4 Å². The van der Waals surface area contributed by atoms with Crippen molar-refractivity contribution in [3.63, 3.8) is 0 Å². The first-order valence-electron chi connectivity index (χ1n) is 7.73. The molecule has 0 unspecified atom stereocenters. The summed E-state index contributed by atoms with van der Waals surface area (Å²) in [6, 6.07) is 13.7. The average Bonchev–Trinajstić information content (AvgIpc) is 3.03. The molecular formula is C18H16N4O2S. The summed E-state index contributed by atoms with van der Waals surface area (Å²) in [5.74, 6) is 2.27. The van der Waals surface area contributed by atoms with Gasteiger partial charge in [0.2, 0.25) is 5.16 Å². The standard InChI is InChI=1S/C18H16N4O2S/c1-23-12-7-8-15(24-2)11(9-12)10-25-18-20-17-16(21-22-18)13-5-3-4-6-14(13)19-17/h3-9H,10H2,1-2H3,(H,19,20,22). The lowest BCUT2D eigenvalue weighted by molar-refractivity contribution is 0.400. The van der Waals surface area contributed by atoms with Crippen molar-refractivity contribution >= 4 is 33.8 Å². The van der Waals surface area contributed by atoms with Gasteiger partial charge in [-0.1, -0.05) is 30.0 Å². The first-order valence-corrected chi connectivity index (χ1v) is 8.72. The van der Waals surface area contributed by atoms with Crippen molar-refractivity contribution in [2.24, 2.45) is 0 Å². The SMILES string of the molecule is COc1ccc(OC)c(CSc2nnc3c(n2)[nH]c2ccccc23)c1. The van der Waals surface area contributed by atoms with E-state index in [2.05, 4.69) is 20.2 Å². The fraction of sp³-hybridized carbons (Fsp3) is 0.167. The minimum absolute atomic E-state index is 0.615. The number of para-hydroxylation sites is 1. The van der Waals surface area contributed by atoms with Gasteiger partial charge in [-0.2, -0.15) is 0 Å². The minimum atomic E-state index is 0.615. The zero-order valence-electron chi connectivity index (χ0n) is 13.8. The van der Waals surface area contributed by atoms with Crippen LogP contribution in [0.4, 0.5) is 0 Å². The molecule has 2 aromatic carbocycles. The molecule has 126 valence electrons. The number of aromatic nitrogens is 4. The Hall–Kier alpha value is -2.80. The normalized spacial score (nSPS) is 11.1. The van der Waals surface area contributed by atoms with Gasteiger partial charge in [-0.3, -0.25) is 0 Å². The first kappa shape index (κ1) is 15.7. The number of nitrogens with zero attached hydrogens (tertiary/aromatic N) is 3. The molecule has 0 aliphatic heterocycles. The maximum atomic E-state index is 5.41. The molecule has 2 aromatic heterocycles. The van der Waals surface area contributed by atoms with E-state index in [0.717, 1.165) is 39.1 Å². The van der Waals surface area contributed by atoms with E-state index in [1.807, 2.05) is 42.5 Å². The third-order valence-electron chi connectivity index (χ3n) is 3.95. The minimum Gasteiger partial charge on any atom is -0.497 e. The van der Waals surface area contributed by atoms with Gasteiger partial charge in [0.05, 0.1) is 14.2 Å². The van der Waals surface area contributed by atoms with Crippen LogP contribution in [0.1, 0.15) is 5.56 Å². The molecule has 0 bridgehead atoms. The second kappa shape index (κ2) is 6.60. The van der Waals surface area contributed by atoms with Crippen molar-refractivity contribution in [1.29, 1.82) is 0 Å². The second-order valence-electron chi connectivity index (χ2n) is 5.43. The van der Waals surface area contributed by atoms with Crippen LogP contribution >= 0.6 is 11.8 Å². The number of hydrogen-bond acceptors (Lipinski definition) is 6. The summed E-state index contributed by atoms with van der Waals surface area (Å²) in [7, 11) is 3.31. The zero-order chi connectivity index (χ0) is 17.2. The lowest BCUT2D eigenvalue weighted by Gasteiger charge is -2.09. The predicted molar refractivity (Wildman–Crippen MR) is 98.3 cm³/mol. The fourth-order valence-corrected chi connectivity index (χ4v) is 3.47. The number of ether oxygens (including phenoxy) is 2. The number of rotatable bonds is 5. The quantitative estimate of drug-likeness (QED) is 0.551. The number of aromatic amines is 1. The number of fused-ring (bicyclic) bond motifs is 3. The first-order chi connectivity index (χ1) is 12.3. The molecule has 0 radical (unpaired) electrons. The summed E-state index contributed by atoms with van der Waals surface area (Å²) in [5, 5.41) is 10.2. The van der Waals surface area contributed by atoms with Crippen molar-refractivity contribution in [3.8, 4) is 11.5 Å². The van der Waals surface area contributed by atoms with Gasteiger partial charge in [0.1, 0.15) is 17.0 Å². The molecule has 4 aromatic rings. The molecule has 0 atom stereocenters. The van der Waals surface area contributed by atoms with E-state index in [1.54, 1.807) is 14.2 Å². The molecule has 0 spiro atoms. The molecule has 0 aliphatic rings. The number of nitrogens with one attached hydrogen (secondary N) is 1. The van der Waals surface area contributed by atoms with Crippen LogP contribution < -0.4 is 9.47 Å². The van der Waals surface area contributed by atoms with Crippen molar-refractivity contribution in [2.75, 3.05) is 14.2 Å². The molecule has 0 saturated carbocycles. The van der Waals surface area contributed by atoms with Gasteiger partial charge in [0.15, 0.2) is 5.65 Å². The molecule has 25 heavy (non-hydrogen) atoms. The van der Waals surface area contributed by atoms with Gasteiger partial charge in [0.25, 0.3) is 0 Å². The van der Waals surface area contributed by atoms with Gasteiger partial charge in [0, 0.05) is 22.2 Å². The summed E-state index contributed by atoms with van der Waals surface area (Å²) in [5.41, 5.74) is 3.57. The van der Waals surface area contributed by atoms with E-state index in [-0.39, 0.29) is 0 Å². The largest absolute Gasteiger partial charge is 0.497 e. The lowest BCUT2D eigenvalue weighted by atomic mass is 10.2. The van der Waals surface area contributed by atoms with E-state index < -0.39 is 0 Å². The van der Waals surface area contributed by atoms with Crippen LogP contribution in [0.5, 0.6) is 11.5 Å². The summed E-state index contributed by atoms with van der Waals surface area (Å²) in [6.07, 6.45) is 0. The second-order valence-corrected chi connectivity index (χ2v) is 6.37. The highest BCUT2D eigenvalue weighted by molar-refractivity contribution is 7.98. The van der Waals surface area contributed by atoms with Crippen LogP contribution in [0.2, 0.25) is 0 Å². The Morgan fingerprint density at radius 3 is 2.76 bits per heavy atom. The molecule has 7 heteroatoms. The Morgan fingerprint density at radius 1 is 1.04 bits per heavy atom. The third-order valence-corrected chi connectivity index (χ3v) is 4.83. The van der Waals surface area contributed by atoms with E-state index in [9.17, 15) is 0 Å². The fourth-order valence-electron chi connectivity index (χ4n) is 2.70. The zero-order valence-corrected chi connectivity index (χ0v) is 14.6. The van der Waals surface area contributed by atoms with Crippen molar-refractivity contribution in [2.45, 2.75) is 10.9 Å². The molecule has 0 aliphatic carbocycles. The van der Waals surface area contributed by atoms with Crippen LogP contribution in [0, 0.1) is 0 Å². The van der Waals surface area contributed by atoms with Crippen LogP contribution in [0.15, 0.2) is 47.6 Å². The molecule has 0 amide bonds. The van der Waals surface area contributed by atoms with Crippen molar-refractivity contribution in [1.82, 2.24) is 20.2 Å². The van der Waals surface area contributed by atoms with Gasteiger partial charge < -0.3 is 14.5 Å². The highest BCUT2D eigenvalue weighted by Crippen LogP contribution is 2.30. The molecule has 4 rings (SSSR count). The predicted octanol–water partition coefficient (Wildman–Crippen LogP) is 3.82. The summed E-state index contributed by atoms with van der Waals surface area (Å²) >= 11 is 1.51. The Morgan fingerprint density at radius 2 is 1.92 bits per heavy atom. The number of thioether (sulfide) groups is 1. The highest BCUT2D eigenvalue weighted by Gasteiger charge is 2.11. The van der Waals surface area contributed by atoms with E-state index in [1.165, 1.54) is 11.8 Å². The van der Waals surface area contributed by atoms with E-state index in [0.29, 0.717) is 10.9 Å². The molecule has 0 saturated heterocycles. The van der Waals surface area contributed by atoms with Crippen LogP contribution in [-0.2, 0) is 5.75 Å². The van der Waals surface area contributed by atoms with Crippen LogP contribution in [0.25, 0.3) is 22.1 Å². The Labute approximate surface area is 148 Å². The molecule has 0 fully saturated rings. The molecule has 2 heterocycles. The average molecular weight is 352 g/mol. The topological polar surface area (TPSA) is 72.9 Å². The number of methoxy groups -OCH3 is 2. The molecular weight excluding hydrogens is 336 g/mol. The summed E-state index contributed by atoms with van der Waals surface area (Å²) in [6.45, 7) is 0. The van der Waals surface area contributed by atoms with Gasteiger partial charge in [-0.15, -0.1) is 10.2 Å². The van der Waals surface area contributed by atoms with Crippen molar-refractivity contribution < 1.29 is 9.47 Å². The Balaban J connectivity index is 1.62. The highest BCUT2D eigenvalue weighted by atomic mass is 32.2. The Kier molecular flexibility index (Phi) is 4.15. The van der Waals surface area contributed by atoms with Gasteiger partial charge in [-0.05, 0) is 24.3 Å². The van der Waals surface area contributed by atoms with E-state index in [4.69, 9.17) is 9.47 Å². The summed E-state index contributed by atoms with van der Waals surface area (Å²) < 4.78 is 10.7. The van der Waals surface area contributed by atoms with Gasteiger partial charge >= 0.3 is 0 Å². The smallest absolute Gasteiger partial charge is 0.211 e. The Bertz CT molecular complexity index is 1050. The third kappa shape index (κ3) is 2.98. The number of hydrogen-bond donors (Lipinski definition) is 1. The molecule has 6 nitrogen and oxygen atoms in total. The van der Waals surface area contributed by atoms with E-state index >= 15 is 0 Å².